The van der Waals surface area contributed by atoms with Crippen molar-refractivity contribution >= 4 is 24.0 Å². The molecule has 4 heterocycles. The summed E-state index contributed by atoms with van der Waals surface area (Å²) in [5.74, 6) is 7.27. The Balaban J connectivity index is 0.956. The summed E-state index contributed by atoms with van der Waals surface area (Å²) in [7, 11) is 1.29. The minimum Gasteiger partial charge on any atom is -0.465 e. The number of nitrogens with one attached hydrogen (secondary N) is 4. The minimum atomic E-state index is -1.21. The molecule has 5 N–H and O–H groups in total. The average molecular weight is 825 g/mol. The Morgan fingerprint density at radius 3 is 1.46 bits per heavy atom. The minimum absolute atomic E-state index is 0.107. The quantitative estimate of drug-likeness (QED) is 0.0846. The van der Waals surface area contributed by atoms with Crippen LogP contribution in [0.2, 0.25) is 0 Å². The molecule has 4 amide bonds. The number of aromatic amines is 2. The first-order chi connectivity index (χ1) is 29.4. The number of rotatable bonds is 11. The maximum Gasteiger partial charge on any atom is 0.407 e. The lowest BCUT2D eigenvalue weighted by Gasteiger charge is -2.29. The van der Waals surface area contributed by atoms with Gasteiger partial charge in [0.2, 0.25) is 11.8 Å². The Bertz CT molecular complexity index is 2410. The first-order valence-electron chi connectivity index (χ1n) is 20.8. The molecule has 2 aromatic heterocycles. The second-order valence-corrected chi connectivity index (χ2v) is 16.2. The molecule has 0 radical (unpaired) electrons. The van der Waals surface area contributed by atoms with Crippen LogP contribution in [0.15, 0.2) is 85.2 Å². The molecule has 4 atom stereocenters. The Labute approximate surface area is 355 Å². The van der Waals surface area contributed by atoms with E-state index in [1.807, 2.05) is 88.6 Å². The molecule has 0 aliphatic carbocycles. The third kappa shape index (κ3) is 9.62. The van der Waals surface area contributed by atoms with Crippen molar-refractivity contribution < 1.29 is 29.0 Å². The van der Waals surface area contributed by atoms with Gasteiger partial charge in [-0.2, -0.15) is 0 Å². The van der Waals surface area contributed by atoms with Crippen LogP contribution >= 0.6 is 0 Å². The highest BCUT2D eigenvalue weighted by atomic mass is 16.5. The van der Waals surface area contributed by atoms with Gasteiger partial charge in [-0.25, -0.2) is 19.6 Å². The van der Waals surface area contributed by atoms with Crippen molar-refractivity contribution in [3.05, 3.63) is 108 Å². The summed E-state index contributed by atoms with van der Waals surface area (Å²) in [6, 6.07) is 22.2. The van der Waals surface area contributed by atoms with Crippen LogP contribution in [-0.4, -0.2) is 91.1 Å². The first-order valence-corrected chi connectivity index (χ1v) is 20.8. The van der Waals surface area contributed by atoms with E-state index in [1.54, 1.807) is 9.80 Å². The number of carboxylic acid groups (broad SMARTS) is 1. The van der Waals surface area contributed by atoms with Crippen molar-refractivity contribution in [3.63, 3.8) is 0 Å². The lowest BCUT2D eigenvalue weighted by atomic mass is 10.0. The lowest BCUT2D eigenvalue weighted by Crippen LogP contribution is -2.51. The molecule has 0 bridgehead atoms. The van der Waals surface area contributed by atoms with Crippen molar-refractivity contribution in [2.45, 2.75) is 77.5 Å². The molecule has 2 saturated heterocycles. The first kappa shape index (κ1) is 42.3. The number of carbonyl (C=O) groups is 4. The molecule has 0 saturated carbocycles. The number of benzene rings is 3. The number of nitrogens with zero attached hydrogens (tertiary/aromatic N) is 4. The second kappa shape index (κ2) is 18.6. The number of methoxy groups -OCH3 is 1. The Morgan fingerprint density at radius 2 is 1.05 bits per heavy atom. The fourth-order valence-electron chi connectivity index (χ4n) is 8.09. The molecule has 3 aromatic carbocycles. The number of H-pyrrole nitrogens is 2. The maximum atomic E-state index is 13.5. The Kier molecular flexibility index (Phi) is 12.9. The molecule has 316 valence electrons. The molecular formula is C47H52N8O6. The summed E-state index contributed by atoms with van der Waals surface area (Å²) in [6.45, 7) is 8.60. The van der Waals surface area contributed by atoms with Gasteiger partial charge < -0.3 is 40.2 Å². The van der Waals surface area contributed by atoms with Crippen LogP contribution in [0.3, 0.4) is 0 Å². The number of imidazole rings is 2. The van der Waals surface area contributed by atoms with E-state index in [9.17, 15) is 24.3 Å². The summed E-state index contributed by atoms with van der Waals surface area (Å²) >= 11 is 0. The summed E-state index contributed by atoms with van der Waals surface area (Å²) in [4.78, 5) is 70.0. The molecule has 14 nitrogen and oxygen atoms in total. The molecular weight excluding hydrogens is 773 g/mol. The molecule has 2 aliphatic heterocycles. The molecule has 61 heavy (non-hydrogen) atoms. The number of aromatic nitrogens is 4. The zero-order chi connectivity index (χ0) is 43.2. The summed E-state index contributed by atoms with van der Waals surface area (Å²) < 4.78 is 4.75. The van der Waals surface area contributed by atoms with Crippen LogP contribution < -0.4 is 10.6 Å². The van der Waals surface area contributed by atoms with E-state index in [-0.39, 0.29) is 35.7 Å². The van der Waals surface area contributed by atoms with E-state index >= 15 is 0 Å². The third-order valence-electron chi connectivity index (χ3n) is 11.4. The van der Waals surface area contributed by atoms with Gasteiger partial charge in [0.1, 0.15) is 23.7 Å². The molecule has 5 aromatic rings. The SMILES string of the molecule is COC(=O)N[C@H](C(=O)N1CCC[C@H]1c1nc(-c2ccc(C#Cc3ccc(-c4ccc(-c5c[nH]c([C@@H]6CCCN6C(=O)[C@@H](NC(=O)O)C(C)C)n5)cc4)cc3)cc2)c[nH]1)C(C)C. The third-order valence-corrected chi connectivity index (χ3v) is 11.4. The van der Waals surface area contributed by atoms with E-state index in [0.717, 1.165) is 70.5 Å². The summed E-state index contributed by atoms with van der Waals surface area (Å²) in [5.41, 5.74) is 7.28. The number of amides is 4. The van der Waals surface area contributed by atoms with E-state index in [2.05, 4.69) is 56.7 Å². The maximum absolute atomic E-state index is 13.5. The van der Waals surface area contributed by atoms with Crippen molar-refractivity contribution in [3.8, 4) is 45.5 Å². The topological polar surface area (TPSA) is 186 Å². The van der Waals surface area contributed by atoms with Crippen LogP contribution in [0.1, 0.15) is 88.2 Å². The van der Waals surface area contributed by atoms with Crippen LogP contribution in [0.5, 0.6) is 0 Å². The van der Waals surface area contributed by atoms with Gasteiger partial charge in [0, 0.05) is 47.7 Å². The fourth-order valence-corrected chi connectivity index (χ4v) is 8.09. The molecule has 2 fully saturated rings. The zero-order valence-electron chi connectivity index (χ0n) is 35.1. The van der Waals surface area contributed by atoms with Crippen LogP contribution in [0, 0.1) is 23.7 Å². The normalized spacial score (nSPS) is 17.2. The number of hydrogen-bond acceptors (Lipinski definition) is 7. The Morgan fingerprint density at radius 1 is 0.656 bits per heavy atom. The highest BCUT2D eigenvalue weighted by Crippen LogP contribution is 2.34. The van der Waals surface area contributed by atoms with Gasteiger partial charge in [-0.15, -0.1) is 0 Å². The van der Waals surface area contributed by atoms with E-state index in [4.69, 9.17) is 14.7 Å². The van der Waals surface area contributed by atoms with Crippen LogP contribution in [-0.2, 0) is 14.3 Å². The fraction of sp³-hybridized carbons (Fsp3) is 0.362. The number of likely N-dealkylation sites (tertiary alicyclic amines) is 2. The molecule has 2 aliphatic rings. The van der Waals surface area contributed by atoms with Gasteiger partial charge in [-0.1, -0.05) is 88.1 Å². The van der Waals surface area contributed by atoms with Crippen molar-refractivity contribution in [1.82, 2.24) is 40.4 Å². The Hall–Kier alpha value is -6.88. The van der Waals surface area contributed by atoms with Crippen molar-refractivity contribution in [2.24, 2.45) is 11.8 Å². The highest BCUT2D eigenvalue weighted by molar-refractivity contribution is 5.87. The van der Waals surface area contributed by atoms with E-state index < -0.39 is 24.3 Å². The van der Waals surface area contributed by atoms with E-state index in [0.29, 0.717) is 24.7 Å². The number of hydrogen-bond donors (Lipinski definition) is 5. The molecule has 0 unspecified atom stereocenters. The van der Waals surface area contributed by atoms with E-state index in [1.165, 1.54) is 7.11 Å². The van der Waals surface area contributed by atoms with Crippen molar-refractivity contribution in [2.75, 3.05) is 20.2 Å². The van der Waals surface area contributed by atoms with Gasteiger partial charge in [0.25, 0.3) is 0 Å². The number of carbonyl (C=O) groups excluding carboxylic acids is 3. The largest absolute Gasteiger partial charge is 0.465 e. The monoisotopic (exact) mass is 824 g/mol. The number of alkyl carbamates (subject to hydrolysis) is 1. The predicted molar refractivity (Wildman–Crippen MR) is 231 cm³/mol. The summed E-state index contributed by atoms with van der Waals surface area (Å²) in [6.07, 6.45) is 5.06. The highest BCUT2D eigenvalue weighted by Gasteiger charge is 2.39. The molecule has 14 heteroatoms. The van der Waals surface area contributed by atoms with Gasteiger partial charge in [-0.05, 0) is 72.9 Å². The molecule has 0 spiro atoms. The van der Waals surface area contributed by atoms with Gasteiger partial charge in [0.05, 0.1) is 30.6 Å². The van der Waals surface area contributed by atoms with Crippen LogP contribution in [0.25, 0.3) is 33.6 Å². The van der Waals surface area contributed by atoms with Crippen LogP contribution in [0.4, 0.5) is 9.59 Å². The van der Waals surface area contributed by atoms with Gasteiger partial charge >= 0.3 is 12.2 Å². The lowest BCUT2D eigenvalue weighted by molar-refractivity contribution is -0.136. The predicted octanol–water partition coefficient (Wildman–Crippen LogP) is 7.53. The smallest absolute Gasteiger partial charge is 0.407 e. The second-order valence-electron chi connectivity index (χ2n) is 16.2. The van der Waals surface area contributed by atoms with Gasteiger partial charge in [0.15, 0.2) is 0 Å². The van der Waals surface area contributed by atoms with Gasteiger partial charge in [-0.3, -0.25) is 9.59 Å². The number of ether oxygens (including phenoxy) is 1. The summed E-state index contributed by atoms with van der Waals surface area (Å²) in [5, 5.41) is 14.4. The van der Waals surface area contributed by atoms with Crippen molar-refractivity contribution in [1.29, 1.82) is 0 Å². The standard InChI is InChI=1S/C47H52N8O6/c1-28(2)40(52-46(58)59)44(56)54-24-6-8-38(54)42-49-27-37(51-42)35-22-20-33(21-23-35)32-16-12-30(13-17-32)10-11-31-14-18-34(19-15-31)36-26-48-43(50-36)39-9-7-25-55(39)45(57)41(29(3)4)53-47(60)61-5/h12-23,26-29,38-41,52H,6-9,24-25H2,1-5H3,(H,48,50)(H,49,51)(H,53,60)(H,58,59)/t38-,39-,40-,41-/m0/s1. The average Bonchev–Trinajstić information content (AvgIpc) is 4.11. The zero-order valence-corrected chi connectivity index (χ0v) is 35.1. The molecule has 7 rings (SSSR count).